The van der Waals surface area contributed by atoms with E-state index < -0.39 is 12.0 Å². The lowest BCUT2D eigenvalue weighted by Gasteiger charge is -2.33. The zero-order valence-electron chi connectivity index (χ0n) is 13.9. The summed E-state index contributed by atoms with van der Waals surface area (Å²) >= 11 is 0. The summed E-state index contributed by atoms with van der Waals surface area (Å²) in [6, 6.07) is 8.13. The standard InChI is InChI=1S/C18H22N4O2/c1-12-19-20-17-11-21(16(18(23)24)10-22(12)17)9-13-5-7-15(8-6-13)14-3-2-4-14/h5-8,14,16H,2-4,9-11H2,1H3,(H,23,24). The SMILES string of the molecule is Cc1nnc2n1CC(C(=O)O)N(Cc1ccc(C3CCC3)cc1)C2. The average Bonchev–Trinajstić information content (AvgIpc) is 2.87. The van der Waals surface area contributed by atoms with Crippen LogP contribution < -0.4 is 0 Å². The Labute approximate surface area is 141 Å². The first-order chi connectivity index (χ1) is 11.6. The van der Waals surface area contributed by atoms with Gasteiger partial charge in [-0.1, -0.05) is 30.7 Å². The highest BCUT2D eigenvalue weighted by Crippen LogP contribution is 2.36. The van der Waals surface area contributed by atoms with Crippen molar-refractivity contribution in [3.05, 3.63) is 47.0 Å². The quantitative estimate of drug-likeness (QED) is 0.933. The van der Waals surface area contributed by atoms with Crippen LogP contribution in [0.1, 0.15) is 48.0 Å². The number of hydrogen-bond donors (Lipinski definition) is 1. The van der Waals surface area contributed by atoms with Gasteiger partial charge in [-0.2, -0.15) is 0 Å². The monoisotopic (exact) mass is 326 g/mol. The first-order valence-corrected chi connectivity index (χ1v) is 8.56. The summed E-state index contributed by atoms with van der Waals surface area (Å²) in [5, 5.41) is 17.9. The van der Waals surface area contributed by atoms with Gasteiger partial charge in [0.05, 0.1) is 13.1 Å². The van der Waals surface area contributed by atoms with E-state index in [9.17, 15) is 9.90 Å². The number of carboxylic acids is 1. The van der Waals surface area contributed by atoms with E-state index in [1.807, 2.05) is 16.4 Å². The number of aromatic nitrogens is 3. The van der Waals surface area contributed by atoms with Crippen molar-refractivity contribution in [1.29, 1.82) is 0 Å². The summed E-state index contributed by atoms with van der Waals surface area (Å²) in [7, 11) is 0. The zero-order valence-corrected chi connectivity index (χ0v) is 13.9. The molecule has 1 atom stereocenters. The number of fused-ring (bicyclic) bond motifs is 1. The van der Waals surface area contributed by atoms with Crippen molar-refractivity contribution < 1.29 is 9.90 Å². The molecule has 0 spiro atoms. The van der Waals surface area contributed by atoms with Crippen molar-refractivity contribution in [3.8, 4) is 0 Å². The van der Waals surface area contributed by atoms with Crippen molar-refractivity contribution in [2.24, 2.45) is 0 Å². The molecule has 6 nitrogen and oxygen atoms in total. The summed E-state index contributed by atoms with van der Waals surface area (Å²) in [4.78, 5) is 13.7. The lowest BCUT2D eigenvalue weighted by atomic mass is 9.80. The van der Waals surface area contributed by atoms with E-state index in [0.717, 1.165) is 23.1 Å². The molecule has 24 heavy (non-hydrogen) atoms. The van der Waals surface area contributed by atoms with E-state index in [-0.39, 0.29) is 0 Å². The zero-order chi connectivity index (χ0) is 16.7. The smallest absolute Gasteiger partial charge is 0.322 e. The second-order valence-corrected chi connectivity index (χ2v) is 6.90. The molecule has 1 fully saturated rings. The third-order valence-corrected chi connectivity index (χ3v) is 5.38. The minimum Gasteiger partial charge on any atom is -0.480 e. The summed E-state index contributed by atoms with van der Waals surface area (Å²) < 4.78 is 1.91. The summed E-state index contributed by atoms with van der Waals surface area (Å²) in [5.41, 5.74) is 2.56. The number of aryl methyl sites for hydroxylation is 1. The van der Waals surface area contributed by atoms with Crippen LogP contribution in [0.25, 0.3) is 0 Å². The third-order valence-electron chi connectivity index (χ3n) is 5.38. The van der Waals surface area contributed by atoms with Gasteiger partial charge in [0.15, 0.2) is 0 Å². The molecule has 2 heterocycles. The third kappa shape index (κ3) is 2.71. The Kier molecular flexibility index (Phi) is 3.84. The molecule has 2 aromatic rings. The number of carbonyl (C=O) groups is 1. The first-order valence-electron chi connectivity index (χ1n) is 8.56. The van der Waals surface area contributed by atoms with E-state index in [2.05, 4.69) is 34.5 Å². The Morgan fingerprint density at radius 2 is 2.00 bits per heavy atom. The van der Waals surface area contributed by atoms with E-state index in [4.69, 9.17) is 0 Å². The normalized spacial score (nSPS) is 21.3. The van der Waals surface area contributed by atoms with E-state index >= 15 is 0 Å². The molecule has 1 aliphatic carbocycles. The van der Waals surface area contributed by atoms with Crippen molar-refractivity contribution in [3.63, 3.8) is 0 Å². The number of nitrogens with zero attached hydrogens (tertiary/aromatic N) is 4. The molecule has 1 aromatic carbocycles. The Bertz CT molecular complexity index is 749. The Balaban J connectivity index is 1.52. The maximum absolute atomic E-state index is 11.7. The van der Waals surface area contributed by atoms with Gasteiger partial charge in [-0.05, 0) is 36.8 Å². The van der Waals surface area contributed by atoms with Crippen LogP contribution >= 0.6 is 0 Å². The number of aliphatic carboxylic acids is 1. The van der Waals surface area contributed by atoms with Gasteiger partial charge in [0.1, 0.15) is 17.7 Å². The predicted octanol–water partition coefficient (Wildman–Crippen LogP) is 2.32. The summed E-state index contributed by atoms with van der Waals surface area (Å²) in [5.74, 6) is 1.55. The maximum atomic E-state index is 11.7. The van der Waals surface area contributed by atoms with Gasteiger partial charge < -0.3 is 9.67 Å². The van der Waals surface area contributed by atoms with Crippen LogP contribution in [0, 0.1) is 6.92 Å². The highest BCUT2D eigenvalue weighted by atomic mass is 16.4. The van der Waals surface area contributed by atoms with Crippen LogP contribution in [-0.2, 0) is 24.4 Å². The Hall–Kier alpha value is -2.21. The second-order valence-electron chi connectivity index (χ2n) is 6.90. The van der Waals surface area contributed by atoms with Crippen LogP contribution in [0.15, 0.2) is 24.3 Å². The van der Waals surface area contributed by atoms with Crippen molar-refractivity contribution in [2.75, 3.05) is 0 Å². The summed E-state index contributed by atoms with van der Waals surface area (Å²) in [6.45, 7) is 3.41. The topological polar surface area (TPSA) is 71.2 Å². The number of benzene rings is 1. The fraction of sp³-hybridized carbons (Fsp3) is 0.500. The molecule has 1 aromatic heterocycles. The molecule has 1 aliphatic heterocycles. The molecule has 126 valence electrons. The molecular weight excluding hydrogens is 304 g/mol. The van der Waals surface area contributed by atoms with E-state index in [1.54, 1.807) is 0 Å². The molecule has 0 amide bonds. The number of hydrogen-bond acceptors (Lipinski definition) is 4. The molecule has 1 N–H and O–H groups in total. The summed E-state index contributed by atoms with van der Waals surface area (Å²) in [6.07, 6.45) is 3.92. The van der Waals surface area contributed by atoms with Gasteiger partial charge in [0.25, 0.3) is 0 Å². The van der Waals surface area contributed by atoms with Gasteiger partial charge in [-0.15, -0.1) is 10.2 Å². The highest BCUT2D eigenvalue weighted by Gasteiger charge is 2.33. The van der Waals surface area contributed by atoms with Gasteiger partial charge in [-0.25, -0.2) is 0 Å². The highest BCUT2D eigenvalue weighted by molar-refractivity contribution is 5.73. The molecule has 6 heteroatoms. The average molecular weight is 326 g/mol. The van der Waals surface area contributed by atoms with Crippen molar-refractivity contribution >= 4 is 5.97 Å². The fourth-order valence-corrected chi connectivity index (χ4v) is 3.63. The Morgan fingerprint density at radius 1 is 1.25 bits per heavy atom. The van der Waals surface area contributed by atoms with Crippen molar-refractivity contribution in [1.82, 2.24) is 19.7 Å². The van der Waals surface area contributed by atoms with Gasteiger partial charge in [-0.3, -0.25) is 9.69 Å². The van der Waals surface area contributed by atoms with Crippen LogP contribution in [0.3, 0.4) is 0 Å². The molecule has 0 bridgehead atoms. The molecule has 0 saturated heterocycles. The van der Waals surface area contributed by atoms with E-state index in [0.29, 0.717) is 19.6 Å². The molecule has 1 unspecified atom stereocenters. The fourth-order valence-electron chi connectivity index (χ4n) is 3.63. The minimum atomic E-state index is -0.792. The molecule has 1 saturated carbocycles. The van der Waals surface area contributed by atoms with E-state index in [1.165, 1.54) is 24.8 Å². The lowest BCUT2D eigenvalue weighted by Crippen LogP contribution is -2.47. The van der Waals surface area contributed by atoms with Crippen LogP contribution in [0.4, 0.5) is 0 Å². The number of carboxylic acid groups (broad SMARTS) is 1. The lowest BCUT2D eigenvalue weighted by molar-refractivity contribution is -0.145. The predicted molar refractivity (Wildman–Crippen MR) is 88.5 cm³/mol. The van der Waals surface area contributed by atoms with Crippen LogP contribution in [-0.4, -0.2) is 36.8 Å². The molecule has 4 rings (SSSR count). The maximum Gasteiger partial charge on any atom is 0.322 e. The minimum absolute atomic E-state index is 0.406. The second kappa shape index (κ2) is 6.02. The number of rotatable bonds is 4. The van der Waals surface area contributed by atoms with Crippen LogP contribution in [0.2, 0.25) is 0 Å². The van der Waals surface area contributed by atoms with Crippen LogP contribution in [0.5, 0.6) is 0 Å². The Morgan fingerprint density at radius 3 is 2.62 bits per heavy atom. The molecule has 2 aliphatic rings. The first kappa shape index (κ1) is 15.3. The molecule has 0 radical (unpaired) electrons. The van der Waals surface area contributed by atoms with Gasteiger partial charge in [0.2, 0.25) is 0 Å². The van der Waals surface area contributed by atoms with Gasteiger partial charge >= 0.3 is 5.97 Å². The molecular formula is C18H22N4O2. The van der Waals surface area contributed by atoms with Crippen molar-refractivity contribution in [2.45, 2.75) is 57.8 Å². The van der Waals surface area contributed by atoms with Gasteiger partial charge in [0, 0.05) is 6.54 Å². The largest absolute Gasteiger partial charge is 0.480 e.